The van der Waals surface area contributed by atoms with Crippen molar-refractivity contribution in [3.05, 3.63) is 0 Å². The van der Waals surface area contributed by atoms with Gasteiger partial charge in [-0.15, -0.1) is 0 Å². The molecule has 0 bridgehead atoms. The molecule has 0 spiro atoms. The zero-order valence-electron chi connectivity index (χ0n) is 10.6. The number of hydrogen-bond acceptors (Lipinski definition) is 2. The number of fused-ring (bicyclic) bond motifs is 1. The molecule has 0 amide bonds. The summed E-state index contributed by atoms with van der Waals surface area (Å²) in [5.41, 5.74) is 0. The summed E-state index contributed by atoms with van der Waals surface area (Å²) in [6, 6.07) is 1.74. The van der Waals surface area contributed by atoms with Gasteiger partial charge in [-0.3, -0.25) is 4.90 Å². The first-order valence-corrected chi connectivity index (χ1v) is 7.30. The fourth-order valence-corrected chi connectivity index (χ4v) is 4.11. The first-order valence-electron chi connectivity index (χ1n) is 7.30. The first kappa shape index (κ1) is 11.0. The van der Waals surface area contributed by atoms with Gasteiger partial charge in [0, 0.05) is 25.2 Å². The van der Waals surface area contributed by atoms with Crippen LogP contribution >= 0.6 is 0 Å². The van der Waals surface area contributed by atoms with Crippen LogP contribution in [0.1, 0.15) is 45.4 Å². The molecule has 92 valence electrons. The summed E-state index contributed by atoms with van der Waals surface area (Å²) < 4.78 is 0. The van der Waals surface area contributed by atoms with Crippen LogP contribution in [-0.2, 0) is 0 Å². The minimum atomic E-state index is 0.825. The first-order chi connectivity index (χ1) is 7.83. The van der Waals surface area contributed by atoms with Gasteiger partial charge >= 0.3 is 0 Å². The Balaban J connectivity index is 1.59. The fourth-order valence-electron chi connectivity index (χ4n) is 4.11. The van der Waals surface area contributed by atoms with Gasteiger partial charge in [0.05, 0.1) is 0 Å². The average molecular weight is 222 g/mol. The van der Waals surface area contributed by atoms with E-state index in [2.05, 4.69) is 17.1 Å². The summed E-state index contributed by atoms with van der Waals surface area (Å²) in [4.78, 5) is 2.81. The largest absolute Gasteiger partial charge is 0.312 e. The molecule has 2 unspecified atom stereocenters. The number of nitrogens with zero attached hydrogens (tertiary/aromatic N) is 1. The van der Waals surface area contributed by atoms with Crippen LogP contribution in [0.5, 0.6) is 0 Å². The Morgan fingerprint density at radius 3 is 2.81 bits per heavy atom. The van der Waals surface area contributed by atoms with Gasteiger partial charge in [-0.05, 0) is 44.1 Å². The van der Waals surface area contributed by atoms with E-state index in [1.54, 1.807) is 0 Å². The minimum absolute atomic E-state index is 0.825. The Kier molecular flexibility index (Phi) is 3.21. The Bertz CT molecular complexity index is 227. The second-order valence-electron chi connectivity index (χ2n) is 6.34. The normalized spacial score (nSPS) is 45.6. The fraction of sp³-hybridized carbons (Fsp3) is 1.00. The lowest BCUT2D eigenvalue weighted by molar-refractivity contribution is 0.157. The summed E-state index contributed by atoms with van der Waals surface area (Å²) >= 11 is 0. The summed E-state index contributed by atoms with van der Waals surface area (Å²) in [6.45, 7) is 6.42. The highest BCUT2D eigenvalue weighted by Crippen LogP contribution is 2.33. The van der Waals surface area contributed by atoms with Gasteiger partial charge in [-0.1, -0.05) is 19.8 Å². The third-order valence-corrected chi connectivity index (χ3v) is 5.05. The minimum Gasteiger partial charge on any atom is -0.312 e. The van der Waals surface area contributed by atoms with E-state index in [1.807, 2.05) is 0 Å². The molecule has 0 aromatic carbocycles. The molecule has 0 aromatic heterocycles. The third kappa shape index (κ3) is 2.14. The molecule has 2 saturated heterocycles. The molecule has 0 aromatic rings. The molecule has 4 atom stereocenters. The van der Waals surface area contributed by atoms with Gasteiger partial charge in [0.1, 0.15) is 0 Å². The van der Waals surface area contributed by atoms with Crippen molar-refractivity contribution in [2.45, 2.75) is 57.5 Å². The molecular weight excluding hydrogens is 196 g/mol. The summed E-state index contributed by atoms with van der Waals surface area (Å²) in [6.07, 6.45) is 8.72. The maximum absolute atomic E-state index is 3.72. The number of nitrogens with one attached hydrogen (secondary N) is 1. The predicted octanol–water partition coefficient (Wildman–Crippen LogP) is 2.25. The van der Waals surface area contributed by atoms with E-state index in [4.69, 9.17) is 0 Å². The smallest absolute Gasteiger partial charge is 0.0235 e. The highest BCUT2D eigenvalue weighted by Gasteiger charge is 2.37. The van der Waals surface area contributed by atoms with Gasteiger partial charge in [0.25, 0.3) is 0 Å². The zero-order chi connectivity index (χ0) is 11.0. The molecule has 1 saturated carbocycles. The van der Waals surface area contributed by atoms with Crippen LogP contribution in [0.25, 0.3) is 0 Å². The van der Waals surface area contributed by atoms with E-state index in [0.29, 0.717) is 0 Å². The molecule has 2 nitrogen and oxygen atoms in total. The topological polar surface area (TPSA) is 15.3 Å². The molecule has 0 radical (unpaired) electrons. The van der Waals surface area contributed by atoms with Gasteiger partial charge in [0.2, 0.25) is 0 Å². The van der Waals surface area contributed by atoms with Gasteiger partial charge in [-0.25, -0.2) is 0 Å². The predicted molar refractivity (Wildman–Crippen MR) is 67.5 cm³/mol. The van der Waals surface area contributed by atoms with Crippen LogP contribution in [0.2, 0.25) is 0 Å². The number of hydrogen-bond donors (Lipinski definition) is 1. The molecule has 1 aliphatic carbocycles. The zero-order valence-corrected chi connectivity index (χ0v) is 10.6. The van der Waals surface area contributed by atoms with Crippen molar-refractivity contribution in [2.24, 2.45) is 11.8 Å². The monoisotopic (exact) mass is 222 g/mol. The van der Waals surface area contributed by atoms with E-state index in [9.17, 15) is 0 Å². The lowest BCUT2D eigenvalue weighted by atomic mass is 9.86. The van der Waals surface area contributed by atoms with Crippen molar-refractivity contribution in [1.29, 1.82) is 0 Å². The molecular formula is C14H26N2. The van der Waals surface area contributed by atoms with Crippen molar-refractivity contribution < 1.29 is 0 Å². The Morgan fingerprint density at radius 2 is 2.00 bits per heavy atom. The van der Waals surface area contributed by atoms with Crippen LogP contribution in [0, 0.1) is 11.8 Å². The van der Waals surface area contributed by atoms with Gasteiger partial charge in [0.15, 0.2) is 0 Å². The third-order valence-electron chi connectivity index (χ3n) is 5.05. The Morgan fingerprint density at radius 1 is 1.06 bits per heavy atom. The SMILES string of the molecule is CC1CCCC(N2C[C@@H]3CCCN[C@@H]3C2)C1. The van der Waals surface area contributed by atoms with Crippen molar-refractivity contribution in [3.63, 3.8) is 0 Å². The summed E-state index contributed by atoms with van der Waals surface area (Å²) in [5.74, 6) is 1.93. The molecule has 2 heterocycles. The lowest BCUT2D eigenvalue weighted by Gasteiger charge is -2.34. The molecule has 3 aliphatic rings. The standard InChI is InChI=1S/C14H26N2/c1-11-4-2-6-13(8-11)16-9-12-5-3-7-15-14(12)10-16/h11-15H,2-10H2,1H3/t11?,12-,13?,14+/m0/s1. The molecule has 2 heteroatoms. The van der Waals surface area contributed by atoms with E-state index >= 15 is 0 Å². The van der Waals surface area contributed by atoms with Crippen LogP contribution < -0.4 is 5.32 Å². The van der Waals surface area contributed by atoms with Crippen molar-refractivity contribution in [2.75, 3.05) is 19.6 Å². The maximum Gasteiger partial charge on any atom is 0.0235 e. The van der Waals surface area contributed by atoms with Crippen LogP contribution in [0.3, 0.4) is 0 Å². The highest BCUT2D eigenvalue weighted by molar-refractivity contribution is 4.95. The van der Waals surface area contributed by atoms with Crippen molar-refractivity contribution >= 4 is 0 Å². The molecule has 2 aliphatic heterocycles. The Labute approximate surface area is 99.8 Å². The number of rotatable bonds is 1. The quantitative estimate of drug-likeness (QED) is 0.732. The van der Waals surface area contributed by atoms with Crippen LogP contribution in [0.15, 0.2) is 0 Å². The summed E-state index contributed by atoms with van der Waals surface area (Å²) in [5, 5.41) is 3.72. The Hall–Kier alpha value is -0.0800. The van der Waals surface area contributed by atoms with E-state index in [-0.39, 0.29) is 0 Å². The average Bonchev–Trinajstić information content (AvgIpc) is 2.72. The van der Waals surface area contributed by atoms with Crippen LogP contribution in [-0.4, -0.2) is 36.6 Å². The van der Waals surface area contributed by atoms with E-state index in [1.165, 1.54) is 58.2 Å². The molecule has 16 heavy (non-hydrogen) atoms. The van der Waals surface area contributed by atoms with Crippen molar-refractivity contribution in [3.8, 4) is 0 Å². The van der Waals surface area contributed by atoms with Gasteiger partial charge in [-0.2, -0.15) is 0 Å². The number of likely N-dealkylation sites (tertiary alicyclic amines) is 1. The number of piperidine rings is 1. The molecule has 3 rings (SSSR count). The van der Waals surface area contributed by atoms with E-state index in [0.717, 1.165) is 23.9 Å². The van der Waals surface area contributed by atoms with Crippen molar-refractivity contribution in [1.82, 2.24) is 10.2 Å². The highest BCUT2D eigenvalue weighted by atomic mass is 15.2. The lowest BCUT2D eigenvalue weighted by Crippen LogP contribution is -2.42. The molecule has 3 fully saturated rings. The molecule has 1 N–H and O–H groups in total. The summed E-state index contributed by atoms with van der Waals surface area (Å²) in [7, 11) is 0. The second kappa shape index (κ2) is 4.66. The van der Waals surface area contributed by atoms with Gasteiger partial charge < -0.3 is 5.32 Å². The second-order valence-corrected chi connectivity index (χ2v) is 6.34. The van der Waals surface area contributed by atoms with Crippen LogP contribution in [0.4, 0.5) is 0 Å². The maximum atomic E-state index is 3.72. The van der Waals surface area contributed by atoms with E-state index < -0.39 is 0 Å².